The van der Waals surface area contributed by atoms with Gasteiger partial charge in [0.2, 0.25) is 0 Å². The van der Waals surface area contributed by atoms with Gasteiger partial charge in [0.15, 0.2) is 0 Å². The Hall–Kier alpha value is -2.73. The molecule has 3 aromatic rings. The third kappa shape index (κ3) is 3.20. The number of rotatable bonds is 5. The van der Waals surface area contributed by atoms with Gasteiger partial charge >= 0.3 is 0 Å². The minimum atomic E-state index is 0.0459. The van der Waals surface area contributed by atoms with Gasteiger partial charge < -0.3 is 9.64 Å². The molecule has 0 bridgehead atoms. The number of ether oxygens (including phenoxy) is 1. The number of hydrogen-bond donors (Lipinski definition) is 0. The summed E-state index contributed by atoms with van der Waals surface area (Å²) in [6.45, 7) is 4.59. The lowest BCUT2D eigenvalue weighted by molar-refractivity contribution is 0.0625. The molecule has 3 heterocycles. The highest BCUT2D eigenvalue weighted by Gasteiger charge is 2.29. The van der Waals surface area contributed by atoms with Crippen molar-refractivity contribution in [1.29, 1.82) is 0 Å². The Labute approximate surface area is 152 Å². The number of benzene rings is 1. The van der Waals surface area contributed by atoms with Gasteiger partial charge in [0.25, 0.3) is 5.91 Å². The fourth-order valence-corrected chi connectivity index (χ4v) is 3.51. The maximum atomic E-state index is 13.1. The van der Waals surface area contributed by atoms with Crippen molar-refractivity contribution in [1.82, 2.24) is 19.7 Å². The third-order valence-electron chi connectivity index (χ3n) is 4.82. The zero-order valence-corrected chi connectivity index (χ0v) is 14.8. The zero-order chi connectivity index (χ0) is 17.9. The third-order valence-corrected chi connectivity index (χ3v) is 4.82. The number of hydrogen-bond acceptors (Lipinski definition) is 4. The van der Waals surface area contributed by atoms with E-state index in [1.165, 1.54) is 0 Å². The van der Waals surface area contributed by atoms with E-state index in [2.05, 4.69) is 10.1 Å². The van der Waals surface area contributed by atoms with Gasteiger partial charge in [-0.3, -0.25) is 14.5 Å². The first-order valence-corrected chi connectivity index (χ1v) is 9.00. The van der Waals surface area contributed by atoms with Crippen LogP contribution in [0.4, 0.5) is 0 Å². The molecule has 4 rings (SSSR count). The first-order chi connectivity index (χ1) is 12.8. The molecular weight excluding hydrogens is 328 g/mol. The molecule has 26 heavy (non-hydrogen) atoms. The quantitative estimate of drug-likeness (QED) is 0.664. The largest absolute Gasteiger partial charge is 0.382 e. The number of pyridine rings is 1. The Morgan fingerprint density at radius 1 is 1.27 bits per heavy atom. The molecule has 0 spiro atoms. The molecule has 6 nitrogen and oxygen atoms in total. The van der Waals surface area contributed by atoms with Crippen LogP contribution < -0.4 is 0 Å². The number of carbonyl (C=O) groups excluding carboxylic acids is 1. The molecule has 0 aliphatic carbocycles. The lowest BCUT2D eigenvalue weighted by Gasteiger charge is -2.34. The van der Waals surface area contributed by atoms with Gasteiger partial charge in [-0.1, -0.05) is 6.07 Å². The predicted molar refractivity (Wildman–Crippen MR) is 98.9 cm³/mol. The van der Waals surface area contributed by atoms with Crippen molar-refractivity contribution in [2.75, 3.05) is 19.8 Å². The van der Waals surface area contributed by atoms with E-state index in [9.17, 15) is 4.79 Å². The highest BCUT2D eigenvalue weighted by Crippen LogP contribution is 2.25. The van der Waals surface area contributed by atoms with E-state index in [1.54, 1.807) is 12.4 Å². The first-order valence-electron chi connectivity index (χ1n) is 9.00. The van der Waals surface area contributed by atoms with Crippen LogP contribution in [0.2, 0.25) is 0 Å². The van der Waals surface area contributed by atoms with E-state index >= 15 is 0 Å². The van der Waals surface area contributed by atoms with E-state index in [4.69, 9.17) is 4.74 Å². The van der Waals surface area contributed by atoms with Gasteiger partial charge in [0.1, 0.15) is 0 Å². The first kappa shape index (κ1) is 16.7. The molecule has 0 unspecified atom stereocenters. The lowest BCUT2D eigenvalue weighted by Crippen LogP contribution is -2.41. The number of aromatic nitrogens is 3. The fraction of sp³-hybridized carbons (Fsp3) is 0.350. The normalized spacial score (nSPS) is 16.7. The van der Waals surface area contributed by atoms with E-state index in [0.717, 1.165) is 23.0 Å². The van der Waals surface area contributed by atoms with Crippen LogP contribution in [-0.2, 0) is 11.3 Å². The number of carbonyl (C=O) groups is 1. The van der Waals surface area contributed by atoms with Crippen LogP contribution in [0.15, 0.2) is 48.8 Å². The monoisotopic (exact) mass is 350 g/mol. The Balaban J connectivity index is 1.57. The Morgan fingerprint density at radius 2 is 2.19 bits per heavy atom. The van der Waals surface area contributed by atoms with Crippen LogP contribution in [0, 0.1) is 0 Å². The number of fused-ring (bicyclic) bond motifs is 2. The Kier molecular flexibility index (Phi) is 4.67. The standard InChI is InChI=1S/C20H22N4O2/c1-2-26-11-8-18-14-23(13-17-7-10-22-24(17)18)20(25)16-5-6-19-15(12-16)4-3-9-21-19/h3-7,9-10,12,18H,2,8,11,13-14H2,1H3/t18-/m0/s1. The highest BCUT2D eigenvalue weighted by molar-refractivity contribution is 5.98. The summed E-state index contributed by atoms with van der Waals surface area (Å²) in [6, 6.07) is 11.7. The molecule has 1 aliphatic rings. The fourth-order valence-electron chi connectivity index (χ4n) is 3.51. The molecule has 2 aromatic heterocycles. The minimum absolute atomic E-state index is 0.0459. The van der Waals surface area contributed by atoms with Gasteiger partial charge in [0.05, 0.1) is 23.8 Å². The van der Waals surface area contributed by atoms with Gasteiger partial charge in [-0.15, -0.1) is 0 Å². The van der Waals surface area contributed by atoms with Crippen molar-refractivity contribution < 1.29 is 9.53 Å². The molecule has 0 radical (unpaired) electrons. The van der Waals surface area contributed by atoms with Crippen molar-refractivity contribution >= 4 is 16.8 Å². The second-order valence-corrected chi connectivity index (χ2v) is 6.50. The van der Waals surface area contributed by atoms with Crippen molar-refractivity contribution in [3.05, 3.63) is 60.0 Å². The summed E-state index contributed by atoms with van der Waals surface area (Å²) in [4.78, 5) is 19.3. The van der Waals surface area contributed by atoms with E-state index < -0.39 is 0 Å². The van der Waals surface area contributed by atoms with Gasteiger partial charge in [0, 0.05) is 43.1 Å². The summed E-state index contributed by atoms with van der Waals surface area (Å²) in [6.07, 6.45) is 4.41. The van der Waals surface area contributed by atoms with Crippen LogP contribution in [0.25, 0.3) is 10.9 Å². The molecule has 0 fully saturated rings. The summed E-state index contributed by atoms with van der Waals surface area (Å²) in [7, 11) is 0. The van der Waals surface area contributed by atoms with Crippen LogP contribution in [-0.4, -0.2) is 45.3 Å². The van der Waals surface area contributed by atoms with Crippen LogP contribution in [0.3, 0.4) is 0 Å². The zero-order valence-electron chi connectivity index (χ0n) is 14.8. The lowest BCUT2D eigenvalue weighted by atomic mass is 10.1. The molecular formula is C20H22N4O2. The van der Waals surface area contributed by atoms with E-state index in [-0.39, 0.29) is 11.9 Å². The van der Waals surface area contributed by atoms with Crippen molar-refractivity contribution in [3.8, 4) is 0 Å². The molecule has 0 saturated heterocycles. The number of nitrogens with zero attached hydrogens (tertiary/aromatic N) is 4. The van der Waals surface area contributed by atoms with Crippen LogP contribution in [0.5, 0.6) is 0 Å². The second kappa shape index (κ2) is 7.25. The molecule has 0 N–H and O–H groups in total. The van der Waals surface area contributed by atoms with Crippen LogP contribution in [0.1, 0.15) is 35.4 Å². The molecule has 0 saturated carbocycles. The second-order valence-electron chi connectivity index (χ2n) is 6.50. The van der Waals surface area contributed by atoms with Crippen LogP contribution >= 0.6 is 0 Å². The van der Waals surface area contributed by atoms with Gasteiger partial charge in [-0.25, -0.2) is 0 Å². The predicted octanol–water partition coefficient (Wildman–Crippen LogP) is 3.06. The summed E-state index contributed by atoms with van der Waals surface area (Å²) < 4.78 is 7.54. The molecule has 1 amide bonds. The average Bonchev–Trinajstić information content (AvgIpc) is 3.16. The maximum absolute atomic E-state index is 13.1. The van der Waals surface area contributed by atoms with Crippen molar-refractivity contribution in [2.45, 2.75) is 25.9 Å². The summed E-state index contributed by atoms with van der Waals surface area (Å²) >= 11 is 0. The Bertz CT molecular complexity index is 921. The topological polar surface area (TPSA) is 60.2 Å². The minimum Gasteiger partial charge on any atom is -0.382 e. The van der Waals surface area contributed by atoms with Gasteiger partial charge in [-0.05, 0) is 43.7 Å². The SMILES string of the molecule is CCOCC[C@H]1CN(C(=O)c2ccc3ncccc3c2)Cc2ccnn21. The molecule has 6 heteroatoms. The molecule has 1 aliphatic heterocycles. The molecule has 1 atom stereocenters. The van der Waals surface area contributed by atoms with Crippen molar-refractivity contribution in [3.63, 3.8) is 0 Å². The molecule has 134 valence electrons. The van der Waals surface area contributed by atoms with E-state index in [0.29, 0.717) is 31.9 Å². The molecule has 1 aromatic carbocycles. The summed E-state index contributed by atoms with van der Waals surface area (Å²) in [5.74, 6) is 0.0459. The van der Waals surface area contributed by atoms with E-state index in [1.807, 2.05) is 52.9 Å². The number of amides is 1. The Morgan fingerprint density at radius 3 is 3.08 bits per heavy atom. The summed E-state index contributed by atoms with van der Waals surface area (Å²) in [5, 5.41) is 5.42. The summed E-state index contributed by atoms with van der Waals surface area (Å²) in [5.41, 5.74) is 2.66. The maximum Gasteiger partial charge on any atom is 0.254 e. The van der Waals surface area contributed by atoms with Crippen molar-refractivity contribution in [2.24, 2.45) is 0 Å². The van der Waals surface area contributed by atoms with Gasteiger partial charge in [-0.2, -0.15) is 5.10 Å². The average molecular weight is 350 g/mol. The smallest absolute Gasteiger partial charge is 0.254 e. The highest BCUT2D eigenvalue weighted by atomic mass is 16.5.